The molecule has 0 bridgehead atoms. The summed E-state index contributed by atoms with van der Waals surface area (Å²) in [6.07, 6.45) is 3.67. The van der Waals surface area contributed by atoms with Crippen LogP contribution in [0.3, 0.4) is 0 Å². The van der Waals surface area contributed by atoms with Crippen molar-refractivity contribution in [2.24, 2.45) is 0 Å². The molecular weight excluding hydrogens is 258 g/mol. The van der Waals surface area contributed by atoms with E-state index in [0.29, 0.717) is 5.65 Å². The van der Waals surface area contributed by atoms with Crippen LogP contribution in [0.15, 0.2) is 29.2 Å². The molecule has 3 heterocycles. The van der Waals surface area contributed by atoms with E-state index >= 15 is 0 Å². The summed E-state index contributed by atoms with van der Waals surface area (Å²) in [6, 6.07) is 5.44. The van der Waals surface area contributed by atoms with Crippen molar-refractivity contribution < 1.29 is 4.79 Å². The van der Waals surface area contributed by atoms with Gasteiger partial charge in [0.1, 0.15) is 6.54 Å². The zero-order valence-corrected chi connectivity index (χ0v) is 11.1. The normalized spacial score (nSPS) is 19.1. The molecule has 0 unspecified atom stereocenters. The molecule has 0 saturated carbocycles. The number of nitrogens with one attached hydrogen (secondary N) is 2. The minimum Gasteiger partial charge on any atom is -0.350 e. The average Bonchev–Trinajstić information content (AvgIpc) is 2.77. The van der Waals surface area contributed by atoms with Crippen LogP contribution < -0.4 is 16.3 Å². The number of aromatic nitrogens is 3. The van der Waals surface area contributed by atoms with Gasteiger partial charge >= 0.3 is 5.69 Å². The Morgan fingerprint density at radius 1 is 1.50 bits per heavy atom. The Labute approximate surface area is 115 Å². The van der Waals surface area contributed by atoms with Crippen LogP contribution in [0.5, 0.6) is 0 Å². The molecule has 0 spiro atoms. The Morgan fingerprint density at radius 2 is 2.40 bits per heavy atom. The van der Waals surface area contributed by atoms with Crippen molar-refractivity contribution in [3.63, 3.8) is 0 Å². The molecule has 0 aromatic carbocycles. The maximum Gasteiger partial charge on any atom is 0.350 e. The lowest BCUT2D eigenvalue weighted by atomic mass is 10.1. The average molecular weight is 275 g/mol. The molecule has 1 aliphatic heterocycles. The fourth-order valence-corrected chi connectivity index (χ4v) is 2.46. The van der Waals surface area contributed by atoms with Crippen LogP contribution in [-0.2, 0) is 11.3 Å². The van der Waals surface area contributed by atoms with E-state index in [1.165, 1.54) is 9.08 Å². The van der Waals surface area contributed by atoms with Gasteiger partial charge in [-0.15, -0.1) is 5.10 Å². The number of amides is 1. The Bertz CT molecular complexity index is 669. The zero-order chi connectivity index (χ0) is 13.9. The number of carbonyl (C=O) groups is 1. The molecule has 7 heteroatoms. The SMILES string of the molecule is O=C(Cn1nc2ccccn2c1=O)N[C@H]1CCCNC1. The van der Waals surface area contributed by atoms with Gasteiger partial charge in [0, 0.05) is 18.8 Å². The van der Waals surface area contributed by atoms with Gasteiger partial charge in [-0.2, -0.15) is 0 Å². The van der Waals surface area contributed by atoms with Crippen LogP contribution in [-0.4, -0.2) is 39.2 Å². The molecule has 1 saturated heterocycles. The highest BCUT2D eigenvalue weighted by molar-refractivity contribution is 5.76. The maximum absolute atomic E-state index is 12.0. The molecule has 1 atom stereocenters. The minimum absolute atomic E-state index is 0.0446. The fourth-order valence-electron chi connectivity index (χ4n) is 2.46. The highest BCUT2D eigenvalue weighted by Crippen LogP contribution is 2.01. The highest BCUT2D eigenvalue weighted by atomic mass is 16.2. The maximum atomic E-state index is 12.0. The van der Waals surface area contributed by atoms with Gasteiger partial charge in [0.25, 0.3) is 0 Å². The topological polar surface area (TPSA) is 80.4 Å². The molecule has 7 nitrogen and oxygen atoms in total. The molecule has 1 fully saturated rings. The van der Waals surface area contributed by atoms with Crippen molar-refractivity contribution in [2.75, 3.05) is 13.1 Å². The number of hydrogen-bond acceptors (Lipinski definition) is 4. The van der Waals surface area contributed by atoms with E-state index in [1.54, 1.807) is 24.4 Å². The van der Waals surface area contributed by atoms with E-state index in [1.807, 2.05) is 0 Å². The summed E-state index contributed by atoms with van der Waals surface area (Å²) in [5.41, 5.74) is 0.252. The number of fused-ring (bicyclic) bond motifs is 1. The van der Waals surface area contributed by atoms with Gasteiger partial charge in [-0.3, -0.25) is 9.20 Å². The largest absolute Gasteiger partial charge is 0.350 e. The lowest BCUT2D eigenvalue weighted by molar-refractivity contribution is -0.122. The standard InChI is InChI=1S/C13H17N5O2/c19-12(15-10-4-3-6-14-8-10)9-18-13(20)17-7-2-1-5-11(17)16-18/h1-2,5,7,10,14H,3-4,6,8-9H2,(H,15,19)/t10-/m0/s1. The number of nitrogens with zero attached hydrogens (tertiary/aromatic N) is 3. The van der Waals surface area contributed by atoms with E-state index in [-0.39, 0.29) is 24.2 Å². The second-order valence-corrected chi connectivity index (χ2v) is 4.98. The minimum atomic E-state index is -0.294. The summed E-state index contributed by atoms with van der Waals surface area (Å²) in [5.74, 6) is -0.177. The Morgan fingerprint density at radius 3 is 3.15 bits per heavy atom. The summed E-state index contributed by atoms with van der Waals surface area (Å²) in [5, 5.41) is 10.3. The van der Waals surface area contributed by atoms with Gasteiger partial charge in [-0.25, -0.2) is 9.48 Å². The van der Waals surface area contributed by atoms with Crippen LogP contribution in [0.1, 0.15) is 12.8 Å². The molecule has 2 aromatic heterocycles. The first kappa shape index (κ1) is 12.9. The second-order valence-electron chi connectivity index (χ2n) is 4.98. The van der Waals surface area contributed by atoms with E-state index in [0.717, 1.165) is 25.9 Å². The van der Waals surface area contributed by atoms with E-state index in [9.17, 15) is 9.59 Å². The molecule has 2 aromatic rings. The summed E-state index contributed by atoms with van der Waals surface area (Å²) < 4.78 is 2.62. The third-order valence-electron chi connectivity index (χ3n) is 3.44. The van der Waals surface area contributed by atoms with Crippen LogP contribution >= 0.6 is 0 Å². The lowest BCUT2D eigenvalue weighted by Crippen LogP contribution is -2.47. The molecule has 1 amide bonds. The number of rotatable bonds is 3. The van der Waals surface area contributed by atoms with E-state index < -0.39 is 0 Å². The Balaban J connectivity index is 1.71. The summed E-state index contributed by atoms with van der Waals surface area (Å²) >= 11 is 0. The number of pyridine rings is 1. The van der Waals surface area contributed by atoms with Crippen LogP contribution in [0.2, 0.25) is 0 Å². The van der Waals surface area contributed by atoms with Crippen molar-refractivity contribution in [3.8, 4) is 0 Å². The van der Waals surface area contributed by atoms with Crippen molar-refractivity contribution in [3.05, 3.63) is 34.9 Å². The molecule has 0 aliphatic carbocycles. The molecule has 106 valence electrons. The fraction of sp³-hybridized carbons (Fsp3) is 0.462. The molecule has 1 aliphatic rings. The Hall–Kier alpha value is -2.15. The molecule has 2 N–H and O–H groups in total. The van der Waals surface area contributed by atoms with Gasteiger partial charge in [-0.05, 0) is 31.5 Å². The monoisotopic (exact) mass is 275 g/mol. The van der Waals surface area contributed by atoms with Gasteiger partial charge < -0.3 is 10.6 Å². The van der Waals surface area contributed by atoms with Crippen LogP contribution in [0.4, 0.5) is 0 Å². The van der Waals surface area contributed by atoms with E-state index in [2.05, 4.69) is 15.7 Å². The number of piperidine rings is 1. The quantitative estimate of drug-likeness (QED) is 0.781. The van der Waals surface area contributed by atoms with Gasteiger partial charge in [0.2, 0.25) is 5.91 Å². The number of carbonyl (C=O) groups excluding carboxylic acids is 1. The van der Waals surface area contributed by atoms with Crippen molar-refractivity contribution in [1.82, 2.24) is 24.8 Å². The molecule has 20 heavy (non-hydrogen) atoms. The van der Waals surface area contributed by atoms with Gasteiger partial charge in [0.15, 0.2) is 5.65 Å². The first-order valence-corrected chi connectivity index (χ1v) is 6.78. The smallest absolute Gasteiger partial charge is 0.350 e. The van der Waals surface area contributed by atoms with Crippen molar-refractivity contribution >= 4 is 11.6 Å². The third-order valence-corrected chi connectivity index (χ3v) is 3.44. The zero-order valence-electron chi connectivity index (χ0n) is 11.1. The third kappa shape index (κ3) is 2.57. The van der Waals surface area contributed by atoms with Crippen LogP contribution in [0, 0.1) is 0 Å². The van der Waals surface area contributed by atoms with Crippen LogP contribution in [0.25, 0.3) is 5.65 Å². The molecule has 3 rings (SSSR count). The van der Waals surface area contributed by atoms with Crippen molar-refractivity contribution in [1.29, 1.82) is 0 Å². The van der Waals surface area contributed by atoms with Crippen molar-refractivity contribution in [2.45, 2.75) is 25.4 Å². The summed E-state index contributed by atoms with van der Waals surface area (Å²) in [7, 11) is 0. The second kappa shape index (κ2) is 5.46. The Kier molecular flexibility index (Phi) is 3.51. The molecule has 0 radical (unpaired) electrons. The van der Waals surface area contributed by atoms with Gasteiger partial charge in [0.05, 0.1) is 0 Å². The summed E-state index contributed by atoms with van der Waals surface area (Å²) in [4.78, 5) is 24.0. The van der Waals surface area contributed by atoms with Gasteiger partial charge in [-0.1, -0.05) is 6.07 Å². The first-order valence-electron chi connectivity index (χ1n) is 6.78. The number of hydrogen-bond donors (Lipinski definition) is 2. The first-order chi connectivity index (χ1) is 9.74. The lowest BCUT2D eigenvalue weighted by Gasteiger charge is -2.23. The van der Waals surface area contributed by atoms with E-state index in [4.69, 9.17) is 0 Å². The predicted octanol–water partition coefficient (Wildman–Crippen LogP) is -0.636. The molecular formula is C13H17N5O2. The predicted molar refractivity (Wildman–Crippen MR) is 73.5 cm³/mol. The summed E-state index contributed by atoms with van der Waals surface area (Å²) in [6.45, 7) is 1.74. The highest BCUT2D eigenvalue weighted by Gasteiger charge is 2.16.